The van der Waals surface area contributed by atoms with Crippen LogP contribution < -0.4 is 4.74 Å². The summed E-state index contributed by atoms with van der Waals surface area (Å²) in [6.07, 6.45) is 4.46. The Labute approximate surface area is 144 Å². The summed E-state index contributed by atoms with van der Waals surface area (Å²) in [5, 5.41) is 2.38. The second-order valence-corrected chi connectivity index (χ2v) is 6.62. The van der Waals surface area contributed by atoms with Crippen LogP contribution in [0.25, 0.3) is 10.8 Å². The fourth-order valence-electron chi connectivity index (χ4n) is 3.09. The summed E-state index contributed by atoms with van der Waals surface area (Å²) in [7, 11) is 0. The summed E-state index contributed by atoms with van der Waals surface area (Å²) in [5.74, 6) is 1.47. The molecule has 3 nitrogen and oxygen atoms in total. The highest BCUT2D eigenvalue weighted by atomic mass is 16.7. The molecular formula is C21H28O3. The van der Waals surface area contributed by atoms with Gasteiger partial charge in [-0.1, -0.05) is 44.9 Å². The van der Waals surface area contributed by atoms with Crippen molar-refractivity contribution < 1.29 is 14.2 Å². The van der Waals surface area contributed by atoms with Crippen LogP contribution in [-0.4, -0.2) is 19.8 Å². The van der Waals surface area contributed by atoms with E-state index < -0.39 is 0 Å². The quantitative estimate of drug-likeness (QED) is 0.673. The molecule has 0 saturated carbocycles. The average Bonchev–Trinajstić information content (AvgIpc) is 2.64. The molecule has 0 bridgehead atoms. The zero-order chi connectivity index (χ0) is 16.8. The summed E-state index contributed by atoms with van der Waals surface area (Å²) in [6, 6.07) is 12.6. The highest BCUT2D eigenvalue weighted by Crippen LogP contribution is 2.30. The Morgan fingerprint density at radius 3 is 2.46 bits per heavy atom. The van der Waals surface area contributed by atoms with E-state index in [0.29, 0.717) is 5.92 Å². The van der Waals surface area contributed by atoms with Crippen molar-refractivity contribution >= 4 is 10.8 Å². The molecule has 3 rings (SSSR count). The van der Waals surface area contributed by atoms with Gasteiger partial charge in [0.05, 0.1) is 19.8 Å². The van der Waals surface area contributed by atoms with Gasteiger partial charge >= 0.3 is 0 Å². The molecule has 1 saturated heterocycles. The van der Waals surface area contributed by atoms with E-state index in [4.69, 9.17) is 14.2 Å². The fraction of sp³-hybridized carbons (Fsp3) is 0.524. The van der Waals surface area contributed by atoms with Gasteiger partial charge in [0.25, 0.3) is 0 Å². The lowest BCUT2D eigenvalue weighted by Gasteiger charge is -2.29. The highest BCUT2D eigenvalue weighted by molar-refractivity contribution is 5.84. The molecule has 1 fully saturated rings. The molecular weight excluding hydrogens is 300 g/mol. The Balaban J connectivity index is 1.65. The molecule has 130 valence electrons. The molecule has 0 aliphatic carbocycles. The number of hydrogen-bond acceptors (Lipinski definition) is 3. The van der Waals surface area contributed by atoms with Crippen molar-refractivity contribution in [2.24, 2.45) is 5.92 Å². The molecule has 0 unspecified atom stereocenters. The van der Waals surface area contributed by atoms with E-state index in [-0.39, 0.29) is 6.29 Å². The molecule has 0 N–H and O–H groups in total. The normalized spacial score (nSPS) is 21.1. The standard InChI is InChI=1S/C21H28O3/c1-3-5-6-16-14-23-21(24-15-16)19-8-7-18-13-20(22-11-4-2)10-9-17(18)12-19/h7-10,12-13,16,21H,3-6,11,14-15H2,1-2H3. The molecule has 0 aromatic heterocycles. The molecule has 3 heteroatoms. The van der Waals surface area contributed by atoms with Crippen LogP contribution in [0.3, 0.4) is 0 Å². The number of hydrogen-bond donors (Lipinski definition) is 0. The third kappa shape index (κ3) is 4.28. The van der Waals surface area contributed by atoms with Crippen LogP contribution in [0, 0.1) is 5.92 Å². The SMILES string of the molecule is CCCCC1COC(c2ccc3cc(OCCC)ccc3c2)OC1. The summed E-state index contributed by atoms with van der Waals surface area (Å²) < 4.78 is 17.6. The average molecular weight is 328 g/mol. The van der Waals surface area contributed by atoms with Crippen molar-refractivity contribution in [3.8, 4) is 5.75 Å². The van der Waals surface area contributed by atoms with Crippen molar-refractivity contribution in [2.75, 3.05) is 19.8 Å². The highest BCUT2D eigenvalue weighted by Gasteiger charge is 2.23. The molecule has 0 amide bonds. The van der Waals surface area contributed by atoms with Crippen LogP contribution in [0.1, 0.15) is 51.4 Å². The number of benzene rings is 2. The first-order valence-corrected chi connectivity index (χ1v) is 9.20. The lowest BCUT2D eigenvalue weighted by molar-refractivity contribution is -0.206. The van der Waals surface area contributed by atoms with Gasteiger partial charge in [-0.3, -0.25) is 0 Å². The first-order chi connectivity index (χ1) is 11.8. The van der Waals surface area contributed by atoms with Gasteiger partial charge in [0.15, 0.2) is 6.29 Å². The summed E-state index contributed by atoms with van der Waals surface area (Å²) in [4.78, 5) is 0. The Morgan fingerprint density at radius 2 is 1.71 bits per heavy atom. The van der Waals surface area contributed by atoms with Crippen molar-refractivity contribution in [3.63, 3.8) is 0 Å². The molecule has 0 spiro atoms. The predicted octanol–water partition coefficient (Wildman–Crippen LogP) is 5.48. The van der Waals surface area contributed by atoms with Crippen LogP contribution in [0.4, 0.5) is 0 Å². The molecule has 2 aromatic carbocycles. The van der Waals surface area contributed by atoms with Crippen molar-refractivity contribution in [1.82, 2.24) is 0 Å². The van der Waals surface area contributed by atoms with Crippen LogP contribution >= 0.6 is 0 Å². The van der Waals surface area contributed by atoms with Crippen molar-refractivity contribution in [2.45, 2.75) is 45.8 Å². The minimum Gasteiger partial charge on any atom is -0.494 e. The Hall–Kier alpha value is -1.58. The topological polar surface area (TPSA) is 27.7 Å². The first-order valence-electron chi connectivity index (χ1n) is 9.20. The van der Waals surface area contributed by atoms with Crippen LogP contribution in [0.15, 0.2) is 36.4 Å². The Kier molecular flexibility index (Phi) is 6.11. The molecule has 1 heterocycles. The van der Waals surface area contributed by atoms with Crippen molar-refractivity contribution in [1.29, 1.82) is 0 Å². The van der Waals surface area contributed by atoms with E-state index in [0.717, 1.165) is 37.6 Å². The van der Waals surface area contributed by atoms with Crippen LogP contribution in [0.2, 0.25) is 0 Å². The zero-order valence-corrected chi connectivity index (χ0v) is 14.8. The minimum atomic E-state index is -0.233. The molecule has 1 aliphatic heterocycles. The zero-order valence-electron chi connectivity index (χ0n) is 14.8. The maximum absolute atomic E-state index is 5.95. The van der Waals surface area contributed by atoms with Gasteiger partial charge in [-0.25, -0.2) is 0 Å². The van der Waals surface area contributed by atoms with Gasteiger partial charge in [0.2, 0.25) is 0 Å². The third-order valence-electron chi connectivity index (χ3n) is 4.51. The van der Waals surface area contributed by atoms with Gasteiger partial charge in [-0.2, -0.15) is 0 Å². The third-order valence-corrected chi connectivity index (χ3v) is 4.51. The van der Waals surface area contributed by atoms with E-state index in [2.05, 4.69) is 44.2 Å². The molecule has 0 atom stereocenters. The number of fused-ring (bicyclic) bond motifs is 1. The largest absolute Gasteiger partial charge is 0.494 e. The van der Waals surface area contributed by atoms with E-state index in [1.165, 1.54) is 30.0 Å². The van der Waals surface area contributed by atoms with Crippen LogP contribution in [-0.2, 0) is 9.47 Å². The first kappa shape index (κ1) is 17.2. The van der Waals surface area contributed by atoms with Gasteiger partial charge in [-0.15, -0.1) is 0 Å². The second kappa shape index (κ2) is 8.50. The maximum atomic E-state index is 5.95. The number of rotatable bonds is 7. The van der Waals surface area contributed by atoms with Gasteiger partial charge < -0.3 is 14.2 Å². The van der Waals surface area contributed by atoms with E-state index in [9.17, 15) is 0 Å². The lowest BCUT2D eigenvalue weighted by Crippen LogP contribution is -2.27. The van der Waals surface area contributed by atoms with Gasteiger partial charge in [0.1, 0.15) is 5.75 Å². The fourth-order valence-corrected chi connectivity index (χ4v) is 3.09. The molecule has 0 radical (unpaired) electrons. The molecule has 1 aliphatic rings. The Morgan fingerprint density at radius 1 is 0.958 bits per heavy atom. The van der Waals surface area contributed by atoms with E-state index in [1.807, 2.05) is 6.07 Å². The minimum absolute atomic E-state index is 0.233. The number of ether oxygens (including phenoxy) is 3. The Bertz CT molecular complexity index is 645. The number of unbranched alkanes of at least 4 members (excludes halogenated alkanes) is 1. The van der Waals surface area contributed by atoms with Gasteiger partial charge in [0, 0.05) is 11.5 Å². The van der Waals surface area contributed by atoms with E-state index >= 15 is 0 Å². The predicted molar refractivity (Wildman–Crippen MR) is 97.4 cm³/mol. The maximum Gasteiger partial charge on any atom is 0.183 e. The molecule has 24 heavy (non-hydrogen) atoms. The summed E-state index contributed by atoms with van der Waals surface area (Å²) in [5.41, 5.74) is 1.10. The van der Waals surface area contributed by atoms with E-state index in [1.54, 1.807) is 0 Å². The summed E-state index contributed by atoms with van der Waals surface area (Å²) >= 11 is 0. The smallest absolute Gasteiger partial charge is 0.183 e. The summed E-state index contributed by atoms with van der Waals surface area (Å²) in [6.45, 7) is 6.69. The van der Waals surface area contributed by atoms with Crippen LogP contribution in [0.5, 0.6) is 5.75 Å². The van der Waals surface area contributed by atoms with Crippen molar-refractivity contribution in [3.05, 3.63) is 42.0 Å². The monoisotopic (exact) mass is 328 g/mol. The molecule has 2 aromatic rings. The second-order valence-electron chi connectivity index (χ2n) is 6.62. The van der Waals surface area contributed by atoms with Gasteiger partial charge in [-0.05, 0) is 41.8 Å². The lowest BCUT2D eigenvalue weighted by atomic mass is 10.0.